The lowest BCUT2D eigenvalue weighted by atomic mass is 10.1. The number of likely N-dealkylation sites (N-methyl/N-ethyl adjacent to an activating group) is 1. The van der Waals surface area contributed by atoms with Crippen molar-refractivity contribution in [1.82, 2.24) is 4.98 Å². The van der Waals surface area contributed by atoms with E-state index in [0.29, 0.717) is 5.88 Å². The Kier molecular flexibility index (Phi) is 4.59. The second-order valence-electron chi connectivity index (χ2n) is 4.30. The van der Waals surface area contributed by atoms with Crippen molar-refractivity contribution >= 4 is 17.3 Å². The maximum absolute atomic E-state index is 5.80. The van der Waals surface area contributed by atoms with E-state index in [4.69, 9.17) is 11.6 Å². The second-order valence-corrected chi connectivity index (χ2v) is 4.56. The molecule has 0 fully saturated rings. The number of benzene rings is 1. The van der Waals surface area contributed by atoms with Gasteiger partial charge in [-0.1, -0.05) is 30.3 Å². The predicted octanol–water partition coefficient (Wildman–Crippen LogP) is 3.50. The highest BCUT2D eigenvalue weighted by Crippen LogP contribution is 2.14. The summed E-state index contributed by atoms with van der Waals surface area (Å²) in [5.41, 5.74) is 3.44. The fourth-order valence-electron chi connectivity index (χ4n) is 1.85. The van der Waals surface area contributed by atoms with Crippen molar-refractivity contribution < 1.29 is 0 Å². The maximum atomic E-state index is 5.80. The summed E-state index contributed by atoms with van der Waals surface area (Å²) in [6.45, 7) is 0.982. The molecule has 0 amide bonds. The van der Waals surface area contributed by atoms with Crippen LogP contribution in [0.5, 0.6) is 0 Å². The van der Waals surface area contributed by atoms with Crippen LogP contribution in [0.1, 0.15) is 11.3 Å². The number of rotatable bonds is 5. The van der Waals surface area contributed by atoms with E-state index >= 15 is 0 Å². The van der Waals surface area contributed by atoms with E-state index in [1.807, 2.05) is 24.4 Å². The first-order chi connectivity index (χ1) is 8.79. The zero-order chi connectivity index (χ0) is 12.8. The van der Waals surface area contributed by atoms with Crippen LogP contribution in [0.2, 0.25) is 0 Å². The smallest absolute Gasteiger partial charge is 0.0648 e. The number of alkyl halides is 1. The third-order valence-electron chi connectivity index (χ3n) is 2.96. The summed E-state index contributed by atoms with van der Waals surface area (Å²) >= 11 is 5.80. The monoisotopic (exact) mass is 260 g/mol. The normalized spacial score (nSPS) is 10.3. The van der Waals surface area contributed by atoms with Crippen LogP contribution < -0.4 is 4.90 Å². The number of hydrogen-bond acceptors (Lipinski definition) is 2. The average molecular weight is 261 g/mol. The fourth-order valence-corrected chi connectivity index (χ4v) is 1.99. The largest absolute Gasteiger partial charge is 0.374 e. The quantitative estimate of drug-likeness (QED) is 0.765. The summed E-state index contributed by atoms with van der Waals surface area (Å²) in [6, 6.07) is 14.6. The highest BCUT2D eigenvalue weighted by Gasteiger charge is 2.02. The Bertz CT molecular complexity index is 485. The van der Waals surface area contributed by atoms with Crippen molar-refractivity contribution in [3.63, 3.8) is 0 Å². The molecular formula is C15H17ClN2. The van der Waals surface area contributed by atoms with Gasteiger partial charge in [0.1, 0.15) is 0 Å². The van der Waals surface area contributed by atoms with Crippen LogP contribution in [0.4, 0.5) is 5.69 Å². The van der Waals surface area contributed by atoms with Gasteiger partial charge in [0.05, 0.1) is 11.6 Å². The second kappa shape index (κ2) is 6.41. The average Bonchev–Trinajstić information content (AvgIpc) is 2.46. The third-order valence-corrected chi connectivity index (χ3v) is 3.23. The van der Waals surface area contributed by atoms with Crippen LogP contribution in [0.3, 0.4) is 0 Å². The third kappa shape index (κ3) is 3.47. The van der Waals surface area contributed by atoms with Gasteiger partial charge in [-0.05, 0) is 24.1 Å². The van der Waals surface area contributed by atoms with E-state index in [9.17, 15) is 0 Å². The molecule has 1 aromatic heterocycles. The molecule has 0 atom stereocenters. The molecule has 2 aromatic rings. The molecule has 0 unspecified atom stereocenters. The van der Waals surface area contributed by atoms with Crippen LogP contribution in [-0.2, 0) is 12.3 Å². The molecule has 0 bridgehead atoms. The Morgan fingerprint density at radius 2 is 1.94 bits per heavy atom. The molecule has 0 radical (unpaired) electrons. The standard InChI is InChI=1S/C15H17ClN2/c1-18(10-8-13-5-3-2-4-6-13)15-7-9-17-14(11-15)12-16/h2-7,9,11H,8,10,12H2,1H3. The summed E-state index contributed by atoms with van der Waals surface area (Å²) in [5, 5.41) is 0. The van der Waals surface area contributed by atoms with Crippen molar-refractivity contribution in [2.45, 2.75) is 12.3 Å². The lowest BCUT2D eigenvalue weighted by Gasteiger charge is -2.19. The highest BCUT2D eigenvalue weighted by molar-refractivity contribution is 6.16. The molecule has 0 aliphatic heterocycles. The SMILES string of the molecule is CN(CCc1ccccc1)c1ccnc(CCl)c1. The van der Waals surface area contributed by atoms with E-state index < -0.39 is 0 Å². The van der Waals surface area contributed by atoms with Crippen LogP contribution in [0, 0.1) is 0 Å². The molecule has 0 saturated carbocycles. The molecule has 0 N–H and O–H groups in total. The summed E-state index contributed by atoms with van der Waals surface area (Å²) in [4.78, 5) is 6.43. The minimum absolute atomic E-state index is 0.459. The molecule has 0 spiro atoms. The van der Waals surface area contributed by atoms with E-state index in [1.165, 1.54) is 5.56 Å². The van der Waals surface area contributed by atoms with Gasteiger partial charge in [0.25, 0.3) is 0 Å². The van der Waals surface area contributed by atoms with Crippen LogP contribution >= 0.6 is 11.6 Å². The molecule has 3 heteroatoms. The van der Waals surface area contributed by atoms with Crippen molar-refractivity contribution in [3.05, 3.63) is 59.9 Å². The van der Waals surface area contributed by atoms with Gasteiger partial charge in [-0.25, -0.2) is 0 Å². The topological polar surface area (TPSA) is 16.1 Å². The van der Waals surface area contributed by atoms with E-state index in [-0.39, 0.29) is 0 Å². The van der Waals surface area contributed by atoms with Gasteiger partial charge in [0, 0.05) is 25.5 Å². The van der Waals surface area contributed by atoms with Gasteiger partial charge in [-0.2, -0.15) is 0 Å². The molecule has 1 aromatic carbocycles. The van der Waals surface area contributed by atoms with Crippen molar-refractivity contribution in [3.8, 4) is 0 Å². The Hall–Kier alpha value is -1.54. The van der Waals surface area contributed by atoms with Gasteiger partial charge in [-0.3, -0.25) is 4.98 Å². The molecule has 0 saturated heterocycles. The first-order valence-corrected chi connectivity index (χ1v) is 6.59. The van der Waals surface area contributed by atoms with Crippen molar-refractivity contribution in [1.29, 1.82) is 0 Å². The number of aromatic nitrogens is 1. The number of anilines is 1. The molecule has 0 aliphatic carbocycles. The van der Waals surface area contributed by atoms with Gasteiger partial charge < -0.3 is 4.90 Å². The Balaban J connectivity index is 1.97. The minimum atomic E-state index is 0.459. The van der Waals surface area contributed by atoms with Crippen LogP contribution in [-0.4, -0.2) is 18.6 Å². The van der Waals surface area contributed by atoms with Crippen molar-refractivity contribution in [2.24, 2.45) is 0 Å². The summed E-state index contributed by atoms with van der Waals surface area (Å²) in [7, 11) is 2.09. The highest BCUT2D eigenvalue weighted by atomic mass is 35.5. The first-order valence-electron chi connectivity index (χ1n) is 6.05. The molecule has 2 nitrogen and oxygen atoms in total. The summed E-state index contributed by atoms with van der Waals surface area (Å²) in [6.07, 6.45) is 2.85. The zero-order valence-corrected chi connectivity index (χ0v) is 11.3. The molecule has 1 heterocycles. The molecule has 2 rings (SSSR count). The van der Waals surface area contributed by atoms with Gasteiger partial charge in [0.2, 0.25) is 0 Å². The molecular weight excluding hydrogens is 244 g/mol. The minimum Gasteiger partial charge on any atom is -0.374 e. The van der Waals surface area contributed by atoms with E-state index in [0.717, 1.165) is 24.3 Å². The lowest BCUT2D eigenvalue weighted by molar-refractivity contribution is 0.873. The number of nitrogens with zero attached hydrogens (tertiary/aromatic N) is 2. The van der Waals surface area contributed by atoms with Gasteiger partial charge in [-0.15, -0.1) is 11.6 Å². The summed E-state index contributed by atoms with van der Waals surface area (Å²) in [5.74, 6) is 0.459. The van der Waals surface area contributed by atoms with Crippen molar-refractivity contribution in [2.75, 3.05) is 18.5 Å². The molecule has 94 valence electrons. The predicted molar refractivity (Wildman–Crippen MR) is 77.2 cm³/mol. The van der Waals surface area contributed by atoms with E-state index in [2.05, 4.69) is 41.2 Å². The lowest BCUT2D eigenvalue weighted by Crippen LogP contribution is -2.20. The van der Waals surface area contributed by atoms with Crippen LogP contribution in [0.15, 0.2) is 48.7 Å². The Morgan fingerprint density at radius 1 is 1.17 bits per heavy atom. The number of halogens is 1. The van der Waals surface area contributed by atoms with Gasteiger partial charge in [0.15, 0.2) is 0 Å². The fraction of sp³-hybridized carbons (Fsp3) is 0.267. The maximum Gasteiger partial charge on any atom is 0.0648 e. The molecule has 0 aliphatic rings. The summed E-state index contributed by atoms with van der Waals surface area (Å²) < 4.78 is 0. The van der Waals surface area contributed by atoms with Gasteiger partial charge >= 0.3 is 0 Å². The molecule has 18 heavy (non-hydrogen) atoms. The number of pyridine rings is 1. The zero-order valence-electron chi connectivity index (χ0n) is 10.5. The van der Waals surface area contributed by atoms with Crippen LogP contribution in [0.25, 0.3) is 0 Å². The Labute approximate surface area is 113 Å². The number of hydrogen-bond donors (Lipinski definition) is 0. The Morgan fingerprint density at radius 3 is 2.67 bits per heavy atom. The van der Waals surface area contributed by atoms with E-state index in [1.54, 1.807) is 0 Å². The first kappa shape index (κ1) is 12.9.